The zero-order valence-corrected chi connectivity index (χ0v) is 9.25. The van der Waals surface area contributed by atoms with E-state index in [2.05, 4.69) is 5.32 Å². The standard InChI is InChI=1S/C12H13NO4/c1-8(9-5-3-2-4-6-9)13-11(15)7-10(14)12(16)17/h2-8,14H,1H3,(H,13,15)(H,16,17)/b10-7-/t8-/m0/s1. The molecule has 1 atom stereocenters. The van der Waals surface area contributed by atoms with Gasteiger partial charge in [0.1, 0.15) is 0 Å². The van der Waals surface area contributed by atoms with Crippen LogP contribution in [0, 0.1) is 0 Å². The van der Waals surface area contributed by atoms with Crippen molar-refractivity contribution < 1.29 is 19.8 Å². The molecule has 0 heterocycles. The van der Waals surface area contributed by atoms with Gasteiger partial charge in [0, 0.05) is 0 Å². The topological polar surface area (TPSA) is 86.6 Å². The number of carbonyl (C=O) groups is 2. The van der Waals surface area contributed by atoms with E-state index < -0.39 is 17.6 Å². The number of rotatable bonds is 4. The number of aliphatic hydroxyl groups is 1. The highest BCUT2D eigenvalue weighted by Gasteiger charge is 2.10. The van der Waals surface area contributed by atoms with Crippen molar-refractivity contribution in [2.45, 2.75) is 13.0 Å². The lowest BCUT2D eigenvalue weighted by Crippen LogP contribution is -2.25. The van der Waals surface area contributed by atoms with Crippen molar-refractivity contribution in [1.29, 1.82) is 0 Å². The number of carbonyl (C=O) groups excluding carboxylic acids is 1. The van der Waals surface area contributed by atoms with Gasteiger partial charge in [0.25, 0.3) is 0 Å². The second kappa shape index (κ2) is 5.69. The minimum Gasteiger partial charge on any atom is -0.502 e. The molecule has 0 radical (unpaired) electrons. The third-order valence-corrected chi connectivity index (χ3v) is 2.15. The molecule has 0 aliphatic heterocycles. The first-order chi connectivity index (χ1) is 8.00. The van der Waals surface area contributed by atoms with Gasteiger partial charge in [-0.05, 0) is 12.5 Å². The highest BCUT2D eigenvalue weighted by Crippen LogP contribution is 2.10. The minimum absolute atomic E-state index is 0.262. The number of hydrogen-bond donors (Lipinski definition) is 3. The number of carboxylic acid groups (broad SMARTS) is 1. The van der Waals surface area contributed by atoms with Crippen LogP contribution in [0.1, 0.15) is 18.5 Å². The normalized spacial score (nSPS) is 12.9. The SMILES string of the molecule is C[C@H](NC(=O)/C=C(\O)C(=O)O)c1ccccc1. The Kier molecular flexibility index (Phi) is 4.28. The van der Waals surface area contributed by atoms with E-state index in [-0.39, 0.29) is 6.04 Å². The number of hydrogen-bond acceptors (Lipinski definition) is 3. The summed E-state index contributed by atoms with van der Waals surface area (Å²) in [6, 6.07) is 8.94. The molecule has 0 unspecified atom stereocenters. The van der Waals surface area contributed by atoms with E-state index in [0.717, 1.165) is 5.56 Å². The predicted octanol–water partition coefficient (Wildman–Crippen LogP) is 1.39. The van der Waals surface area contributed by atoms with Gasteiger partial charge in [-0.3, -0.25) is 4.79 Å². The van der Waals surface area contributed by atoms with E-state index in [0.29, 0.717) is 6.08 Å². The van der Waals surface area contributed by atoms with Gasteiger partial charge >= 0.3 is 5.97 Å². The molecule has 0 spiro atoms. The summed E-state index contributed by atoms with van der Waals surface area (Å²) in [5, 5.41) is 19.8. The van der Waals surface area contributed by atoms with Gasteiger partial charge in [-0.1, -0.05) is 30.3 Å². The van der Waals surface area contributed by atoms with Gasteiger partial charge in [-0.2, -0.15) is 0 Å². The molecule has 1 aromatic rings. The maximum atomic E-state index is 11.3. The van der Waals surface area contributed by atoms with E-state index in [1.54, 1.807) is 6.92 Å². The fourth-order valence-electron chi connectivity index (χ4n) is 1.27. The highest BCUT2D eigenvalue weighted by atomic mass is 16.4. The number of carboxylic acids is 1. The van der Waals surface area contributed by atoms with Crippen LogP contribution in [0.25, 0.3) is 0 Å². The Balaban J connectivity index is 2.64. The summed E-state index contributed by atoms with van der Waals surface area (Å²) in [4.78, 5) is 21.6. The lowest BCUT2D eigenvalue weighted by atomic mass is 10.1. The largest absolute Gasteiger partial charge is 0.502 e. The maximum absolute atomic E-state index is 11.3. The van der Waals surface area contributed by atoms with Crippen LogP contribution >= 0.6 is 0 Å². The Bertz CT molecular complexity index is 439. The summed E-state index contributed by atoms with van der Waals surface area (Å²) in [5.41, 5.74) is 0.893. The highest BCUT2D eigenvalue weighted by molar-refractivity contribution is 5.96. The zero-order valence-electron chi connectivity index (χ0n) is 9.25. The lowest BCUT2D eigenvalue weighted by molar-refractivity contribution is -0.136. The second-order valence-electron chi connectivity index (χ2n) is 3.48. The summed E-state index contributed by atoms with van der Waals surface area (Å²) in [7, 11) is 0. The van der Waals surface area contributed by atoms with Crippen LogP contribution < -0.4 is 5.32 Å². The quantitative estimate of drug-likeness (QED) is 0.543. The third kappa shape index (κ3) is 3.98. The van der Waals surface area contributed by atoms with Gasteiger partial charge < -0.3 is 15.5 Å². The Morgan fingerprint density at radius 1 is 1.24 bits per heavy atom. The molecule has 5 nitrogen and oxygen atoms in total. The average Bonchev–Trinajstić information content (AvgIpc) is 2.29. The average molecular weight is 235 g/mol. The van der Waals surface area contributed by atoms with Crippen molar-refractivity contribution in [3.63, 3.8) is 0 Å². The van der Waals surface area contributed by atoms with Crippen molar-refractivity contribution in [2.24, 2.45) is 0 Å². The van der Waals surface area contributed by atoms with Crippen molar-refractivity contribution in [2.75, 3.05) is 0 Å². The summed E-state index contributed by atoms with van der Waals surface area (Å²) in [6.45, 7) is 1.76. The van der Waals surface area contributed by atoms with Crippen molar-refractivity contribution in [3.8, 4) is 0 Å². The number of amides is 1. The number of aliphatic hydroxyl groups excluding tert-OH is 1. The van der Waals surface area contributed by atoms with Crippen molar-refractivity contribution in [1.82, 2.24) is 5.32 Å². The summed E-state index contributed by atoms with van der Waals surface area (Å²) >= 11 is 0. The van der Waals surface area contributed by atoms with Gasteiger partial charge in [0.05, 0.1) is 12.1 Å². The molecule has 1 amide bonds. The monoisotopic (exact) mass is 235 g/mol. The molecule has 3 N–H and O–H groups in total. The fourth-order valence-corrected chi connectivity index (χ4v) is 1.27. The molecule has 5 heteroatoms. The molecule has 0 aliphatic carbocycles. The minimum atomic E-state index is -1.53. The summed E-state index contributed by atoms with van der Waals surface area (Å²) < 4.78 is 0. The molecular formula is C12H13NO4. The zero-order chi connectivity index (χ0) is 12.8. The molecule has 0 bridgehead atoms. The first-order valence-electron chi connectivity index (χ1n) is 5.00. The summed E-state index contributed by atoms with van der Waals surface area (Å²) in [6.07, 6.45) is 0.641. The fraction of sp³-hybridized carbons (Fsp3) is 0.167. The third-order valence-electron chi connectivity index (χ3n) is 2.15. The van der Waals surface area contributed by atoms with E-state index in [4.69, 9.17) is 10.2 Å². The predicted molar refractivity (Wildman–Crippen MR) is 61.3 cm³/mol. The van der Waals surface area contributed by atoms with E-state index in [9.17, 15) is 9.59 Å². The molecule has 1 aromatic carbocycles. The summed E-state index contributed by atoms with van der Waals surface area (Å²) in [5.74, 6) is -3.17. The molecule has 1 rings (SSSR count). The molecule has 0 saturated heterocycles. The maximum Gasteiger partial charge on any atom is 0.371 e. The van der Waals surface area contributed by atoms with E-state index in [1.165, 1.54) is 0 Å². The van der Waals surface area contributed by atoms with Crippen LogP contribution in [-0.2, 0) is 9.59 Å². The van der Waals surface area contributed by atoms with Gasteiger partial charge in [0.2, 0.25) is 11.7 Å². The number of benzene rings is 1. The van der Waals surface area contributed by atoms with Crippen LogP contribution in [0.2, 0.25) is 0 Å². The molecule has 0 saturated carbocycles. The molecule has 0 aromatic heterocycles. The lowest BCUT2D eigenvalue weighted by Gasteiger charge is -2.12. The van der Waals surface area contributed by atoms with Crippen molar-refractivity contribution >= 4 is 11.9 Å². The van der Waals surface area contributed by atoms with E-state index in [1.807, 2.05) is 30.3 Å². The van der Waals surface area contributed by atoms with Crippen LogP contribution in [0.4, 0.5) is 0 Å². The van der Waals surface area contributed by atoms with Gasteiger partial charge in [-0.25, -0.2) is 4.79 Å². The number of nitrogens with one attached hydrogen (secondary N) is 1. The van der Waals surface area contributed by atoms with Crippen LogP contribution in [-0.4, -0.2) is 22.1 Å². The Hall–Kier alpha value is -2.30. The Morgan fingerprint density at radius 3 is 2.35 bits per heavy atom. The Morgan fingerprint density at radius 2 is 1.82 bits per heavy atom. The number of aliphatic carboxylic acids is 1. The van der Waals surface area contributed by atoms with Crippen molar-refractivity contribution in [3.05, 3.63) is 47.7 Å². The van der Waals surface area contributed by atoms with Crippen LogP contribution in [0.15, 0.2) is 42.2 Å². The molecular weight excluding hydrogens is 222 g/mol. The first kappa shape index (κ1) is 12.8. The van der Waals surface area contributed by atoms with Gasteiger partial charge in [-0.15, -0.1) is 0 Å². The van der Waals surface area contributed by atoms with Crippen LogP contribution in [0.5, 0.6) is 0 Å². The smallest absolute Gasteiger partial charge is 0.371 e. The molecule has 0 fully saturated rings. The van der Waals surface area contributed by atoms with Crippen LogP contribution in [0.3, 0.4) is 0 Å². The van der Waals surface area contributed by atoms with E-state index >= 15 is 0 Å². The Labute approximate surface area is 98.4 Å². The molecule has 17 heavy (non-hydrogen) atoms. The van der Waals surface area contributed by atoms with Gasteiger partial charge in [0.15, 0.2) is 0 Å². The first-order valence-corrected chi connectivity index (χ1v) is 5.00. The molecule has 90 valence electrons. The molecule has 0 aliphatic rings. The second-order valence-corrected chi connectivity index (χ2v) is 3.48.